The summed E-state index contributed by atoms with van der Waals surface area (Å²) in [6.07, 6.45) is 0.851. The molecule has 0 unspecified atom stereocenters. The van der Waals surface area contributed by atoms with Gasteiger partial charge in [0.1, 0.15) is 6.04 Å². The topological polar surface area (TPSA) is 102 Å². The van der Waals surface area contributed by atoms with Crippen LogP contribution in [0.2, 0.25) is 0 Å². The summed E-state index contributed by atoms with van der Waals surface area (Å²) < 4.78 is 1.62. The van der Waals surface area contributed by atoms with Gasteiger partial charge in [0.15, 0.2) is 0 Å². The monoisotopic (exact) mass is 376 g/mol. The number of rotatable bonds is 8. The zero-order valence-corrected chi connectivity index (χ0v) is 16.3. The summed E-state index contributed by atoms with van der Waals surface area (Å²) in [7, 11) is 0. The number of nitrogens with one attached hydrogen (secondary N) is 2. The summed E-state index contributed by atoms with van der Waals surface area (Å²) in [5.74, 6) is -0.314. The number of benzene rings is 1. The van der Waals surface area contributed by atoms with Crippen LogP contribution in [0.3, 0.4) is 0 Å². The first-order valence-electron chi connectivity index (χ1n) is 8.48. The Balaban J connectivity index is 1.95. The summed E-state index contributed by atoms with van der Waals surface area (Å²) in [6, 6.07) is 5.41. The van der Waals surface area contributed by atoms with Crippen molar-refractivity contribution < 1.29 is 9.59 Å². The summed E-state index contributed by atoms with van der Waals surface area (Å²) in [5, 5.41) is 17.7. The highest BCUT2D eigenvalue weighted by Gasteiger charge is 2.17. The fourth-order valence-electron chi connectivity index (χ4n) is 2.34. The van der Waals surface area contributed by atoms with Gasteiger partial charge in [0.25, 0.3) is 0 Å². The number of nitrogens with zero attached hydrogens (tertiary/aromatic N) is 4. The Bertz CT molecular complexity index is 776. The fourth-order valence-corrected chi connectivity index (χ4v) is 3.04. The second kappa shape index (κ2) is 9.33. The van der Waals surface area contributed by atoms with Gasteiger partial charge in [-0.05, 0) is 49.2 Å². The Morgan fingerprint density at radius 3 is 2.77 bits per heavy atom. The first-order valence-corrected chi connectivity index (χ1v) is 9.46. The smallest absolute Gasteiger partial charge is 0.242 e. The van der Waals surface area contributed by atoms with E-state index in [9.17, 15) is 9.59 Å². The van der Waals surface area contributed by atoms with Crippen LogP contribution in [0.1, 0.15) is 31.4 Å². The van der Waals surface area contributed by atoms with E-state index in [1.165, 1.54) is 11.8 Å². The van der Waals surface area contributed by atoms with Gasteiger partial charge in [-0.25, -0.2) is 0 Å². The average molecular weight is 376 g/mol. The molecule has 140 valence electrons. The van der Waals surface area contributed by atoms with Crippen LogP contribution < -0.4 is 10.6 Å². The fraction of sp³-hybridized carbons (Fsp3) is 0.471. The molecular weight excluding hydrogens is 352 g/mol. The summed E-state index contributed by atoms with van der Waals surface area (Å²) in [4.78, 5) is 23.9. The zero-order valence-electron chi connectivity index (χ0n) is 15.4. The molecule has 0 bridgehead atoms. The first-order chi connectivity index (χ1) is 12.4. The molecule has 2 amide bonds. The summed E-state index contributed by atoms with van der Waals surface area (Å²) >= 11 is 1.22. The molecule has 1 aromatic heterocycles. The van der Waals surface area contributed by atoms with Crippen molar-refractivity contribution in [3.63, 3.8) is 0 Å². The minimum Gasteiger partial charge on any atom is -0.354 e. The Morgan fingerprint density at radius 1 is 1.31 bits per heavy atom. The number of aryl methyl sites for hydroxylation is 2. The second-order valence-corrected chi connectivity index (χ2v) is 6.97. The van der Waals surface area contributed by atoms with Crippen LogP contribution >= 0.6 is 11.8 Å². The molecule has 0 saturated heterocycles. The van der Waals surface area contributed by atoms with Gasteiger partial charge in [0, 0.05) is 6.54 Å². The molecule has 0 saturated carbocycles. The Morgan fingerprint density at radius 2 is 2.08 bits per heavy atom. The van der Waals surface area contributed by atoms with Crippen LogP contribution in [0.25, 0.3) is 5.69 Å². The number of aromatic nitrogens is 4. The predicted molar refractivity (Wildman–Crippen MR) is 100 cm³/mol. The number of hydrogen-bond donors (Lipinski definition) is 2. The van der Waals surface area contributed by atoms with E-state index in [0.717, 1.165) is 23.2 Å². The lowest BCUT2D eigenvalue weighted by molar-refractivity contribution is -0.127. The number of carbonyl (C=O) groups is 2. The average Bonchev–Trinajstić information content (AvgIpc) is 3.06. The summed E-state index contributed by atoms with van der Waals surface area (Å²) in [5.41, 5.74) is 3.07. The second-order valence-electron chi connectivity index (χ2n) is 6.03. The van der Waals surface area contributed by atoms with Crippen LogP contribution in [0, 0.1) is 13.8 Å². The van der Waals surface area contributed by atoms with E-state index in [4.69, 9.17) is 0 Å². The lowest BCUT2D eigenvalue weighted by Crippen LogP contribution is -2.45. The van der Waals surface area contributed by atoms with Gasteiger partial charge in [-0.2, -0.15) is 4.68 Å². The SMILES string of the molecule is CCCNC(=O)[C@@H](C)NC(=O)CSc1nnnn1-c1ccc(C)cc1C. The first kappa shape index (κ1) is 19.9. The van der Waals surface area contributed by atoms with E-state index in [0.29, 0.717) is 11.7 Å². The third-order valence-corrected chi connectivity index (χ3v) is 4.59. The van der Waals surface area contributed by atoms with Crippen molar-refractivity contribution in [3.8, 4) is 5.69 Å². The lowest BCUT2D eigenvalue weighted by Gasteiger charge is -2.13. The van der Waals surface area contributed by atoms with E-state index in [1.807, 2.05) is 32.9 Å². The third-order valence-electron chi connectivity index (χ3n) is 3.67. The van der Waals surface area contributed by atoms with Crippen molar-refractivity contribution >= 4 is 23.6 Å². The van der Waals surface area contributed by atoms with E-state index in [2.05, 4.69) is 32.2 Å². The van der Waals surface area contributed by atoms with E-state index >= 15 is 0 Å². The maximum absolute atomic E-state index is 12.1. The maximum atomic E-state index is 12.1. The van der Waals surface area contributed by atoms with Crippen LogP contribution in [0.5, 0.6) is 0 Å². The highest BCUT2D eigenvalue weighted by Crippen LogP contribution is 2.21. The van der Waals surface area contributed by atoms with Crippen molar-refractivity contribution in [1.82, 2.24) is 30.8 Å². The number of tetrazole rings is 1. The largest absolute Gasteiger partial charge is 0.354 e. The number of amides is 2. The molecule has 2 rings (SSSR count). The van der Waals surface area contributed by atoms with Crippen molar-refractivity contribution in [2.45, 2.75) is 45.3 Å². The zero-order chi connectivity index (χ0) is 19.1. The predicted octanol–water partition coefficient (Wildman–Crippen LogP) is 1.40. The number of thioether (sulfide) groups is 1. The molecule has 1 aromatic carbocycles. The van der Waals surface area contributed by atoms with Gasteiger partial charge >= 0.3 is 0 Å². The normalized spacial score (nSPS) is 11.8. The molecule has 2 aromatic rings. The maximum Gasteiger partial charge on any atom is 0.242 e. The highest BCUT2D eigenvalue weighted by atomic mass is 32.2. The van der Waals surface area contributed by atoms with Crippen LogP contribution in [0.4, 0.5) is 0 Å². The molecule has 0 aliphatic carbocycles. The molecular formula is C17H24N6O2S. The van der Waals surface area contributed by atoms with Crippen LogP contribution in [0.15, 0.2) is 23.4 Å². The van der Waals surface area contributed by atoms with Crippen molar-refractivity contribution in [2.75, 3.05) is 12.3 Å². The molecule has 26 heavy (non-hydrogen) atoms. The van der Waals surface area contributed by atoms with Crippen LogP contribution in [-0.2, 0) is 9.59 Å². The van der Waals surface area contributed by atoms with Gasteiger partial charge < -0.3 is 10.6 Å². The lowest BCUT2D eigenvalue weighted by atomic mass is 10.1. The van der Waals surface area contributed by atoms with Crippen molar-refractivity contribution in [2.24, 2.45) is 0 Å². The van der Waals surface area contributed by atoms with Crippen LogP contribution in [-0.4, -0.2) is 50.4 Å². The van der Waals surface area contributed by atoms with Gasteiger partial charge in [-0.1, -0.05) is 36.4 Å². The molecule has 0 radical (unpaired) electrons. The molecule has 8 nitrogen and oxygen atoms in total. The molecule has 0 aliphatic heterocycles. The van der Waals surface area contributed by atoms with Gasteiger partial charge in [-0.15, -0.1) is 5.10 Å². The van der Waals surface area contributed by atoms with E-state index in [-0.39, 0.29) is 17.6 Å². The highest BCUT2D eigenvalue weighted by molar-refractivity contribution is 7.99. The van der Waals surface area contributed by atoms with Gasteiger partial charge in [-0.3, -0.25) is 9.59 Å². The minimum absolute atomic E-state index is 0.122. The van der Waals surface area contributed by atoms with E-state index < -0.39 is 6.04 Å². The molecule has 1 heterocycles. The van der Waals surface area contributed by atoms with Gasteiger partial charge in [0.2, 0.25) is 17.0 Å². The molecule has 0 fully saturated rings. The summed E-state index contributed by atoms with van der Waals surface area (Å²) in [6.45, 7) is 8.24. The molecule has 2 N–H and O–H groups in total. The Kier molecular flexibility index (Phi) is 7.14. The molecule has 1 atom stereocenters. The number of carbonyl (C=O) groups excluding carboxylic acids is 2. The minimum atomic E-state index is -0.579. The van der Waals surface area contributed by atoms with E-state index in [1.54, 1.807) is 11.6 Å². The van der Waals surface area contributed by atoms with Gasteiger partial charge in [0.05, 0.1) is 11.4 Å². The Labute approximate surface area is 157 Å². The quantitative estimate of drug-likeness (QED) is 0.675. The molecule has 9 heteroatoms. The third kappa shape index (κ3) is 5.29. The Hall–Kier alpha value is -2.42. The van der Waals surface area contributed by atoms with Crippen molar-refractivity contribution in [1.29, 1.82) is 0 Å². The van der Waals surface area contributed by atoms with Crippen molar-refractivity contribution in [3.05, 3.63) is 29.3 Å². The molecule has 0 aliphatic rings. The number of hydrogen-bond acceptors (Lipinski definition) is 6. The molecule has 0 spiro atoms. The standard InChI is InChI=1S/C17H24N6O2S/c1-5-8-18-16(25)13(4)19-15(24)10-26-17-20-21-22-23(17)14-7-6-11(2)9-12(14)3/h6-7,9,13H,5,8,10H2,1-4H3,(H,18,25)(H,19,24)/t13-/m1/s1.